The molecule has 0 unspecified atom stereocenters. The van der Waals surface area contributed by atoms with Crippen molar-refractivity contribution in [3.05, 3.63) is 57.0 Å². The van der Waals surface area contributed by atoms with Crippen molar-refractivity contribution in [2.75, 3.05) is 5.32 Å². The second-order valence-corrected chi connectivity index (χ2v) is 6.49. The van der Waals surface area contributed by atoms with E-state index < -0.39 is 6.10 Å². The fraction of sp³-hybridized carbons (Fsp3) is 0.188. The zero-order valence-corrected chi connectivity index (χ0v) is 14.9. The van der Waals surface area contributed by atoms with Gasteiger partial charge in [0.25, 0.3) is 5.91 Å². The Balaban J connectivity index is 2.00. The normalized spacial score (nSPS) is 11.8. The van der Waals surface area contributed by atoms with Crippen molar-refractivity contribution in [1.82, 2.24) is 0 Å². The Kier molecular flexibility index (Phi) is 5.42. The first-order valence-corrected chi connectivity index (χ1v) is 8.03. The van der Waals surface area contributed by atoms with Crippen molar-refractivity contribution in [3.8, 4) is 5.75 Å². The highest BCUT2D eigenvalue weighted by molar-refractivity contribution is 9.10. The largest absolute Gasteiger partial charge is 0.481 e. The molecule has 0 bridgehead atoms. The highest BCUT2D eigenvalue weighted by Crippen LogP contribution is 2.21. The van der Waals surface area contributed by atoms with Gasteiger partial charge in [-0.1, -0.05) is 31.9 Å². The number of hydrogen-bond acceptors (Lipinski definition) is 2. The van der Waals surface area contributed by atoms with Gasteiger partial charge in [0.2, 0.25) is 0 Å². The maximum absolute atomic E-state index is 12.2. The van der Waals surface area contributed by atoms with Crippen molar-refractivity contribution in [2.45, 2.75) is 20.0 Å². The molecule has 3 nitrogen and oxygen atoms in total. The number of carbonyl (C=O) groups is 1. The molecule has 0 radical (unpaired) electrons. The van der Waals surface area contributed by atoms with Crippen molar-refractivity contribution < 1.29 is 9.53 Å². The summed E-state index contributed by atoms with van der Waals surface area (Å²) in [6, 6.07) is 13.1. The monoisotopic (exact) mass is 411 g/mol. The van der Waals surface area contributed by atoms with E-state index in [0.717, 1.165) is 20.2 Å². The quantitative estimate of drug-likeness (QED) is 0.773. The highest BCUT2D eigenvalue weighted by Gasteiger charge is 2.15. The van der Waals surface area contributed by atoms with Crippen LogP contribution in [0.5, 0.6) is 5.75 Å². The Morgan fingerprint density at radius 3 is 2.33 bits per heavy atom. The Labute approximate surface area is 141 Å². The summed E-state index contributed by atoms with van der Waals surface area (Å²) < 4.78 is 7.58. The molecule has 2 aromatic carbocycles. The predicted octanol–water partition coefficient (Wildman–Crippen LogP) is 4.93. The summed E-state index contributed by atoms with van der Waals surface area (Å²) in [5, 5.41) is 2.87. The van der Waals surface area contributed by atoms with Gasteiger partial charge in [0, 0.05) is 14.6 Å². The first kappa shape index (κ1) is 16.0. The van der Waals surface area contributed by atoms with Crippen molar-refractivity contribution in [2.24, 2.45) is 0 Å². The van der Waals surface area contributed by atoms with Gasteiger partial charge in [-0.15, -0.1) is 0 Å². The molecule has 0 saturated heterocycles. The molecule has 110 valence electrons. The van der Waals surface area contributed by atoms with Crippen LogP contribution in [0.1, 0.15) is 12.5 Å². The van der Waals surface area contributed by atoms with Gasteiger partial charge < -0.3 is 10.1 Å². The predicted molar refractivity (Wildman–Crippen MR) is 91.7 cm³/mol. The SMILES string of the molecule is Cc1cc(Br)ccc1NC(=O)[C@H](C)Oc1ccc(Br)cc1. The van der Waals surface area contributed by atoms with E-state index in [9.17, 15) is 4.79 Å². The summed E-state index contributed by atoms with van der Waals surface area (Å²) >= 11 is 6.76. The van der Waals surface area contributed by atoms with Crippen LogP contribution in [0.25, 0.3) is 0 Å². The zero-order chi connectivity index (χ0) is 15.4. The molecule has 0 aliphatic carbocycles. The number of aryl methyl sites for hydroxylation is 1. The van der Waals surface area contributed by atoms with E-state index in [0.29, 0.717) is 5.75 Å². The molecule has 0 spiro atoms. The van der Waals surface area contributed by atoms with E-state index in [1.807, 2.05) is 49.4 Å². The fourth-order valence-electron chi connectivity index (χ4n) is 1.77. The van der Waals surface area contributed by atoms with Gasteiger partial charge in [-0.2, -0.15) is 0 Å². The van der Waals surface area contributed by atoms with Crippen molar-refractivity contribution >= 4 is 43.5 Å². The van der Waals surface area contributed by atoms with E-state index >= 15 is 0 Å². The van der Waals surface area contributed by atoms with Gasteiger partial charge in [-0.3, -0.25) is 4.79 Å². The standard InChI is InChI=1S/C16H15Br2NO2/c1-10-9-13(18)5-8-15(10)19-16(20)11(2)21-14-6-3-12(17)4-7-14/h3-9,11H,1-2H3,(H,19,20)/t11-/m0/s1. The van der Waals surface area contributed by atoms with Crippen LogP contribution in [-0.4, -0.2) is 12.0 Å². The minimum Gasteiger partial charge on any atom is -0.481 e. The Morgan fingerprint density at radius 1 is 1.10 bits per heavy atom. The number of ether oxygens (including phenoxy) is 1. The molecule has 2 aromatic rings. The number of rotatable bonds is 4. The zero-order valence-electron chi connectivity index (χ0n) is 11.7. The molecule has 1 atom stereocenters. The van der Waals surface area contributed by atoms with Crippen LogP contribution in [0, 0.1) is 6.92 Å². The first-order valence-electron chi connectivity index (χ1n) is 6.45. The summed E-state index contributed by atoms with van der Waals surface area (Å²) in [4.78, 5) is 12.2. The molecular weight excluding hydrogens is 398 g/mol. The van der Waals surface area contributed by atoms with E-state index in [2.05, 4.69) is 37.2 Å². The molecule has 0 aliphatic rings. The van der Waals surface area contributed by atoms with Crippen LogP contribution in [-0.2, 0) is 4.79 Å². The Bertz CT molecular complexity index is 641. The van der Waals surface area contributed by atoms with Crippen LogP contribution < -0.4 is 10.1 Å². The van der Waals surface area contributed by atoms with E-state index in [1.165, 1.54) is 0 Å². The van der Waals surface area contributed by atoms with Gasteiger partial charge in [0.05, 0.1) is 0 Å². The molecule has 0 fully saturated rings. The lowest BCUT2D eigenvalue weighted by atomic mass is 10.2. The Hall–Kier alpha value is -1.33. The number of halogens is 2. The minimum atomic E-state index is -0.575. The average Bonchev–Trinajstić information content (AvgIpc) is 2.44. The first-order chi connectivity index (χ1) is 9.95. The maximum Gasteiger partial charge on any atom is 0.265 e. The number of anilines is 1. The average molecular weight is 413 g/mol. The number of nitrogens with one attached hydrogen (secondary N) is 1. The third-order valence-corrected chi connectivity index (χ3v) is 3.96. The lowest BCUT2D eigenvalue weighted by Gasteiger charge is -2.16. The number of amides is 1. The Morgan fingerprint density at radius 2 is 1.71 bits per heavy atom. The van der Waals surface area contributed by atoms with Crippen LogP contribution in [0.2, 0.25) is 0 Å². The van der Waals surface area contributed by atoms with Crippen molar-refractivity contribution in [3.63, 3.8) is 0 Å². The molecule has 21 heavy (non-hydrogen) atoms. The summed E-state index contributed by atoms with van der Waals surface area (Å²) in [6.07, 6.45) is -0.575. The second-order valence-electron chi connectivity index (χ2n) is 4.66. The van der Waals surface area contributed by atoms with Gasteiger partial charge in [0.15, 0.2) is 6.10 Å². The van der Waals surface area contributed by atoms with Crippen LogP contribution in [0.3, 0.4) is 0 Å². The molecule has 0 aromatic heterocycles. The minimum absolute atomic E-state index is 0.177. The topological polar surface area (TPSA) is 38.3 Å². The molecular formula is C16H15Br2NO2. The van der Waals surface area contributed by atoms with Gasteiger partial charge >= 0.3 is 0 Å². The number of benzene rings is 2. The molecule has 1 N–H and O–H groups in total. The second kappa shape index (κ2) is 7.09. The summed E-state index contributed by atoms with van der Waals surface area (Å²) in [5.74, 6) is 0.483. The summed E-state index contributed by atoms with van der Waals surface area (Å²) in [5.41, 5.74) is 1.78. The van der Waals surface area contributed by atoms with Gasteiger partial charge in [-0.05, 0) is 61.9 Å². The summed E-state index contributed by atoms with van der Waals surface area (Å²) in [7, 11) is 0. The fourth-order valence-corrected chi connectivity index (χ4v) is 2.51. The summed E-state index contributed by atoms with van der Waals surface area (Å²) in [6.45, 7) is 3.67. The van der Waals surface area contributed by atoms with Gasteiger partial charge in [-0.25, -0.2) is 0 Å². The molecule has 5 heteroatoms. The van der Waals surface area contributed by atoms with Crippen LogP contribution in [0.15, 0.2) is 51.4 Å². The highest BCUT2D eigenvalue weighted by atomic mass is 79.9. The third kappa shape index (κ3) is 4.58. The van der Waals surface area contributed by atoms with E-state index in [4.69, 9.17) is 4.74 Å². The van der Waals surface area contributed by atoms with E-state index in [1.54, 1.807) is 6.92 Å². The van der Waals surface area contributed by atoms with Crippen molar-refractivity contribution in [1.29, 1.82) is 0 Å². The maximum atomic E-state index is 12.2. The van der Waals surface area contributed by atoms with Crippen LogP contribution in [0.4, 0.5) is 5.69 Å². The number of hydrogen-bond donors (Lipinski definition) is 1. The molecule has 1 amide bonds. The lowest BCUT2D eigenvalue weighted by molar-refractivity contribution is -0.122. The molecule has 2 rings (SSSR count). The van der Waals surface area contributed by atoms with Crippen LogP contribution >= 0.6 is 31.9 Å². The molecule has 0 aliphatic heterocycles. The smallest absolute Gasteiger partial charge is 0.265 e. The molecule has 0 saturated carbocycles. The third-order valence-electron chi connectivity index (χ3n) is 2.94. The van der Waals surface area contributed by atoms with Gasteiger partial charge in [0.1, 0.15) is 5.75 Å². The molecule has 0 heterocycles. The lowest BCUT2D eigenvalue weighted by Crippen LogP contribution is -2.30. The van der Waals surface area contributed by atoms with E-state index in [-0.39, 0.29) is 5.91 Å². The number of carbonyl (C=O) groups excluding carboxylic acids is 1.